The Bertz CT molecular complexity index is 974. The van der Waals surface area contributed by atoms with E-state index in [1.807, 2.05) is 31.2 Å². The molecule has 1 aliphatic carbocycles. The van der Waals surface area contributed by atoms with E-state index in [0.717, 1.165) is 37.7 Å². The van der Waals surface area contributed by atoms with Crippen molar-refractivity contribution in [3.05, 3.63) is 95.4 Å². The highest BCUT2D eigenvalue weighted by molar-refractivity contribution is 5.65. The molecule has 1 saturated carbocycles. The summed E-state index contributed by atoms with van der Waals surface area (Å²) < 4.78 is 43.7. The summed E-state index contributed by atoms with van der Waals surface area (Å²) in [6.45, 7) is 11.2. The molecule has 3 rings (SSSR count). The number of aryl methyl sites for hydroxylation is 1. The first kappa shape index (κ1) is 23.1. The van der Waals surface area contributed by atoms with Gasteiger partial charge in [0.1, 0.15) is 5.83 Å². The van der Waals surface area contributed by atoms with E-state index in [1.54, 1.807) is 19.1 Å². The fourth-order valence-corrected chi connectivity index (χ4v) is 4.41. The van der Waals surface area contributed by atoms with Crippen LogP contribution in [0.4, 0.5) is 13.2 Å². The van der Waals surface area contributed by atoms with E-state index in [2.05, 4.69) is 13.2 Å². The fraction of sp³-hybridized carbons (Fsp3) is 0.357. The third kappa shape index (κ3) is 5.78. The van der Waals surface area contributed by atoms with Gasteiger partial charge in [-0.15, -0.1) is 0 Å². The number of halogens is 3. The topological polar surface area (TPSA) is 0 Å². The number of allylic oxidation sites excluding steroid dienone is 4. The molecule has 0 radical (unpaired) electrons. The van der Waals surface area contributed by atoms with Gasteiger partial charge in [0.25, 0.3) is 0 Å². The Morgan fingerprint density at radius 3 is 2.23 bits per heavy atom. The summed E-state index contributed by atoms with van der Waals surface area (Å²) >= 11 is 0. The quantitative estimate of drug-likeness (QED) is 0.389. The van der Waals surface area contributed by atoms with Crippen LogP contribution in [0.1, 0.15) is 62.5 Å². The van der Waals surface area contributed by atoms with Gasteiger partial charge in [0.05, 0.1) is 0 Å². The van der Waals surface area contributed by atoms with Gasteiger partial charge < -0.3 is 0 Å². The molecule has 0 bridgehead atoms. The van der Waals surface area contributed by atoms with Gasteiger partial charge in [0.15, 0.2) is 11.6 Å². The van der Waals surface area contributed by atoms with Crippen LogP contribution >= 0.6 is 0 Å². The van der Waals surface area contributed by atoms with Gasteiger partial charge in [0, 0.05) is 5.56 Å². The largest absolute Gasteiger partial charge is 0.207 e. The average molecular weight is 425 g/mol. The van der Waals surface area contributed by atoms with Crippen molar-refractivity contribution in [1.29, 1.82) is 0 Å². The molecule has 2 aromatic rings. The number of hydrogen-bond acceptors (Lipinski definition) is 0. The lowest BCUT2D eigenvalue weighted by Gasteiger charge is -2.29. The van der Waals surface area contributed by atoms with E-state index in [9.17, 15) is 13.2 Å². The van der Waals surface area contributed by atoms with E-state index in [0.29, 0.717) is 40.2 Å². The van der Waals surface area contributed by atoms with E-state index >= 15 is 0 Å². The van der Waals surface area contributed by atoms with Crippen molar-refractivity contribution in [3.8, 4) is 11.1 Å². The summed E-state index contributed by atoms with van der Waals surface area (Å²) in [7, 11) is 0. The normalized spacial score (nSPS) is 19.3. The summed E-state index contributed by atoms with van der Waals surface area (Å²) in [6.07, 6.45) is 6.40. The first-order chi connectivity index (χ1) is 14.8. The van der Waals surface area contributed by atoms with Crippen LogP contribution < -0.4 is 0 Å². The molecule has 0 unspecified atom stereocenters. The van der Waals surface area contributed by atoms with Gasteiger partial charge in [-0.25, -0.2) is 13.2 Å². The molecule has 0 heterocycles. The first-order valence-electron chi connectivity index (χ1n) is 11.0. The molecule has 31 heavy (non-hydrogen) atoms. The Balaban J connectivity index is 1.61. The molecular weight excluding hydrogens is 393 g/mol. The Kier molecular flexibility index (Phi) is 7.59. The predicted molar refractivity (Wildman–Crippen MR) is 124 cm³/mol. The maximum atomic E-state index is 14.9. The van der Waals surface area contributed by atoms with Crippen LogP contribution in [-0.2, 0) is 0 Å². The molecule has 2 aromatic carbocycles. The monoisotopic (exact) mass is 424 g/mol. The van der Waals surface area contributed by atoms with Gasteiger partial charge >= 0.3 is 0 Å². The summed E-state index contributed by atoms with van der Waals surface area (Å²) in [5.74, 6) is -1.29. The summed E-state index contributed by atoms with van der Waals surface area (Å²) in [5.41, 5.74) is 3.72. The summed E-state index contributed by atoms with van der Waals surface area (Å²) in [5, 5.41) is 0. The zero-order valence-corrected chi connectivity index (χ0v) is 18.5. The minimum Gasteiger partial charge on any atom is -0.207 e. The molecule has 0 spiro atoms. The van der Waals surface area contributed by atoms with Gasteiger partial charge in [-0.2, -0.15) is 0 Å². The van der Waals surface area contributed by atoms with E-state index < -0.39 is 11.6 Å². The number of benzene rings is 2. The van der Waals surface area contributed by atoms with Crippen molar-refractivity contribution in [2.75, 3.05) is 0 Å². The number of hydrogen-bond donors (Lipinski definition) is 0. The lowest BCUT2D eigenvalue weighted by molar-refractivity contribution is 0.304. The minimum atomic E-state index is -0.764. The third-order valence-electron chi connectivity index (χ3n) is 6.33. The van der Waals surface area contributed by atoms with Crippen molar-refractivity contribution in [1.82, 2.24) is 0 Å². The van der Waals surface area contributed by atoms with Gasteiger partial charge in [-0.1, -0.05) is 60.7 Å². The maximum absolute atomic E-state index is 14.9. The van der Waals surface area contributed by atoms with Crippen molar-refractivity contribution in [2.45, 2.75) is 58.3 Å². The highest BCUT2D eigenvalue weighted by Crippen LogP contribution is 2.40. The molecule has 1 fully saturated rings. The smallest absolute Gasteiger partial charge is 0.166 e. The predicted octanol–water partition coefficient (Wildman–Crippen LogP) is 8.98. The highest BCUT2D eigenvalue weighted by Gasteiger charge is 2.26. The molecule has 0 aromatic heterocycles. The van der Waals surface area contributed by atoms with Crippen molar-refractivity contribution < 1.29 is 13.2 Å². The second kappa shape index (κ2) is 10.2. The van der Waals surface area contributed by atoms with Gasteiger partial charge in [0.2, 0.25) is 0 Å². The molecule has 0 amide bonds. The van der Waals surface area contributed by atoms with Crippen LogP contribution in [0.3, 0.4) is 0 Å². The van der Waals surface area contributed by atoms with Gasteiger partial charge in [-0.05, 0) is 87.0 Å². The Morgan fingerprint density at radius 1 is 0.968 bits per heavy atom. The lowest BCUT2D eigenvalue weighted by atomic mass is 9.76. The van der Waals surface area contributed by atoms with Gasteiger partial charge in [-0.3, -0.25) is 0 Å². The fourth-order valence-electron chi connectivity index (χ4n) is 4.41. The van der Waals surface area contributed by atoms with Crippen LogP contribution in [0, 0.1) is 24.5 Å². The number of rotatable bonds is 7. The first-order valence-corrected chi connectivity index (χ1v) is 11.0. The highest BCUT2D eigenvalue weighted by atomic mass is 19.2. The second-order valence-corrected chi connectivity index (χ2v) is 8.89. The van der Waals surface area contributed by atoms with Crippen LogP contribution in [0.2, 0.25) is 0 Å². The standard InChI is InChI=1S/C28H31F3/c1-18(2)17-26(29)20(4)7-8-21-9-13-23(14-10-21)25-16-15-24(27(30)28(25)31)22-11-5-19(3)6-12-22/h5-6,11-12,15-17,21,23H,1,4,7-10,13-14H2,2-3H3/b26-17+. The van der Waals surface area contributed by atoms with Crippen LogP contribution in [-0.4, -0.2) is 0 Å². The molecular formula is C28H31F3. The molecule has 0 saturated heterocycles. The third-order valence-corrected chi connectivity index (χ3v) is 6.33. The average Bonchev–Trinajstić information content (AvgIpc) is 2.74. The lowest BCUT2D eigenvalue weighted by Crippen LogP contribution is -2.15. The second-order valence-electron chi connectivity index (χ2n) is 8.89. The van der Waals surface area contributed by atoms with E-state index in [1.165, 1.54) is 6.08 Å². The molecule has 0 nitrogen and oxygen atoms in total. The van der Waals surface area contributed by atoms with Crippen LogP contribution in [0.15, 0.2) is 72.6 Å². The van der Waals surface area contributed by atoms with Crippen LogP contribution in [0.25, 0.3) is 11.1 Å². The molecule has 0 aliphatic heterocycles. The molecule has 1 aliphatic rings. The zero-order chi connectivity index (χ0) is 22.5. The molecule has 164 valence electrons. The Labute approximate surface area is 184 Å². The molecule has 0 atom stereocenters. The Morgan fingerprint density at radius 2 is 1.61 bits per heavy atom. The van der Waals surface area contributed by atoms with E-state index in [-0.39, 0.29) is 11.7 Å². The van der Waals surface area contributed by atoms with E-state index in [4.69, 9.17) is 0 Å². The molecule has 0 N–H and O–H groups in total. The maximum Gasteiger partial charge on any atom is 0.166 e. The van der Waals surface area contributed by atoms with Crippen molar-refractivity contribution in [3.63, 3.8) is 0 Å². The summed E-state index contributed by atoms with van der Waals surface area (Å²) in [4.78, 5) is 0. The van der Waals surface area contributed by atoms with Crippen molar-refractivity contribution in [2.24, 2.45) is 5.92 Å². The minimum absolute atomic E-state index is 0.0288. The Hall–Kier alpha value is -2.55. The van der Waals surface area contributed by atoms with Crippen LogP contribution in [0.5, 0.6) is 0 Å². The molecule has 3 heteroatoms. The summed E-state index contributed by atoms with van der Waals surface area (Å²) in [6, 6.07) is 10.9. The SMILES string of the molecule is C=C(C)/C=C(/F)C(=C)CCC1CCC(c2ccc(-c3ccc(C)cc3)c(F)c2F)CC1. The zero-order valence-electron chi connectivity index (χ0n) is 18.5. The van der Waals surface area contributed by atoms with Crippen molar-refractivity contribution >= 4 is 0 Å².